The Morgan fingerprint density at radius 3 is 2.63 bits per heavy atom. The molecule has 2 bridgehead atoms. The van der Waals surface area contributed by atoms with Crippen LogP contribution in [0.25, 0.3) is 0 Å². The Morgan fingerprint density at radius 1 is 1.29 bits per heavy atom. The minimum absolute atomic E-state index is 0.0476. The Bertz CT molecular complexity index is 954. The zero-order valence-corrected chi connectivity index (χ0v) is 21.2. The van der Waals surface area contributed by atoms with E-state index in [1.807, 2.05) is 51.1 Å². The number of hydrogen-bond acceptors (Lipinski definition) is 6. The van der Waals surface area contributed by atoms with Crippen LogP contribution in [0.2, 0.25) is 0 Å². The SMILES string of the molecule is CCCCNC(=O)C1N([C@@H](CO)Cc2ccccc2)C(=O)[C@@H]2[C@H](C(=O)OCC)[C@@]3(C)OC12CC3C. The molecule has 2 N–H and O–H groups in total. The van der Waals surface area contributed by atoms with Gasteiger partial charge < -0.3 is 24.8 Å². The average Bonchev–Trinajstić information content (AvgIpc) is 3.35. The zero-order chi connectivity index (χ0) is 25.4. The summed E-state index contributed by atoms with van der Waals surface area (Å²) >= 11 is 0. The Balaban J connectivity index is 1.77. The summed E-state index contributed by atoms with van der Waals surface area (Å²) in [5.74, 6) is -2.74. The van der Waals surface area contributed by atoms with Crippen molar-refractivity contribution < 1.29 is 29.0 Å². The second-order valence-corrected chi connectivity index (χ2v) is 10.4. The first-order valence-electron chi connectivity index (χ1n) is 12.9. The smallest absolute Gasteiger partial charge is 0.312 e. The number of hydrogen-bond donors (Lipinski definition) is 2. The average molecular weight is 487 g/mol. The maximum absolute atomic E-state index is 14.1. The van der Waals surface area contributed by atoms with E-state index < -0.39 is 41.1 Å². The van der Waals surface area contributed by atoms with Crippen LogP contribution in [0.3, 0.4) is 0 Å². The number of amides is 2. The van der Waals surface area contributed by atoms with Crippen molar-refractivity contribution in [3.63, 3.8) is 0 Å². The van der Waals surface area contributed by atoms with Gasteiger partial charge in [-0.15, -0.1) is 0 Å². The molecule has 3 heterocycles. The molecule has 1 aromatic carbocycles. The fraction of sp³-hybridized carbons (Fsp3) is 0.667. The van der Waals surface area contributed by atoms with E-state index in [1.54, 1.807) is 6.92 Å². The lowest BCUT2D eigenvalue weighted by molar-refractivity contribution is -0.162. The van der Waals surface area contributed by atoms with Crippen molar-refractivity contribution in [1.29, 1.82) is 0 Å². The molecule has 8 heteroatoms. The fourth-order valence-electron chi connectivity index (χ4n) is 6.58. The highest BCUT2D eigenvalue weighted by Crippen LogP contribution is 2.65. The number of nitrogens with zero attached hydrogens (tertiary/aromatic N) is 1. The first kappa shape index (κ1) is 25.6. The van der Waals surface area contributed by atoms with E-state index >= 15 is 0 Å². The van der Waals surface area contributed by atoms with E-state index in [9.17, 15) is 19.5 Å². The van der Waals surface area contributed by atoms with E-state index in [1.165, 1.54) is 4.90 Å². The summed E-state index contributed by atoms with van der Waals surface area (Å²) in [5.41, 5.74) is -1.08. The Hall–Kier alpha value is -2.45. The number of carbonyl (C=O) groups is 3. The van der Waals surface area contributed by atoms with Gasteiger partial charge in [0.1, 0.15) is 17.6 Å². The normalized spacial score (nSPS) is 34.1. The molecule has 8 nitrogen and oxygen atoms in total. The van der Waals surface area contributed by atoms with Gasteiger partial charge in [0.25, 0.3) is 0 Å². The maximum atomic E-state index is 14.1. The third-order valence-corrected chi connectivity index (χ3v) is 8.29. The second kappa shape index (κ2) is 9.90. The van der Waals surface area contributed by atoms with Gasteiger partial charge in [-0.3, -0.25) is 14.4 Å². The zero-order valence-electron chi connectivity index (χ0n) is 21.2. The van der Waals surface area contributed by atoms with E-state index in [-0.39, 0.29) is 30.9 Å². The highest BCUT2D eigenvalue weighted by Gasteiger charge is 2.80. The molecule has 3 aliphatic heterocycles. The number of carbonyl (C=O) groups excluding carboxylic acids is 3. The summed E-state index contributed by atoms with van der Waals surface area (Å²) in [6.45, 7) is 8.03. The Morgan fingerprint density at radius 2 is 2.00 bits per heavy atom. The van der Waals surface area contributed by atoms with Crippen molar-refractivity contribution in [2.45, 2.75) is 76.7 Å². The minimum atomic E-state index is -1.14. The monoisotopic (exact) mass is 486 g/mol. The number of aliphatic hydroxyl groups is 1. The lowest BCUT2D eigenvalue weighted by Crippen LogP contribution is -2.58. The predicted molar refractivity (Wildman–Crippen MR) is 129 cm³/mol. The number of aliphatic hydroxyl groups excluding tert-OH is 1. The predicted octanol–water partition coefficient (Wildman–Crippen LogP) is 2.08. The van der Waals surface area contributed by atoms with Crippen LogP contribution in [0.4, 0.5) is 0 Å². The van der Waals surface area contributed by atoms with Crippen molar-refractivity contribution in [3.8, 4) is 0 Å². The molecule has 0 saturated carbocycles. The number of fused-ring (bicyclic) bond motifs is 1. The third kappa shape index (κ3) is 4.04. The van der Waals surface area contributed by atoms with Gasteiger partial charge in [0.15, 0.2) is 0 Å². The number of rotatable bonds is 10. The molecular weight excluding hydrogens is 448 g/mol. The number of benzene rings is 1. The van der Waals surface area contributed by atoms with Gasteiger partial charge in [0.2, 0.25) is 11.8 Å². The molecular formula is C27H38N2O6. The molecule has 1 spiro atoms. The molecule has 2 amide bonds. The van der Waals surface area contributed by atoms with Gasteiger partial charge in [-0.25, -0.2) is 0 Å². The van der Waals surface area contributed by atoms with E-state index in [2.05, 4.69) is 5.32 Å². The maximum Gasteiger partial charge on any atom is 0.312 e. The van der Waals surface area contributed by atoms with Crippen LogP contribution in [0.15, 0.2) is 30.3 Å². The molecule has 192 valence electrons. The standard InChI is InChI=1S/C27H38N2O6/c1-5-7-13-28-23(31)22-27-15-17(3)26(4,35-27)21(25(33)34-6-2)20(27)24(32)29(22)19(16-30)14-18-11-9-8-10-12-18/h8-12,17,19-22,30H,5-7,13-16H2,1-4H3,(H,28,31)/t17?,19-,20+,21-,22?,26+,27?/m1/s1. The quantitative estimate of drug-likeness (QED) is 0.388. The number of likely N-dealkylation sites (tertiary alicyclic amines) is 1. The van der Waals surface area contributed by atoms with Crippen LogP contribution in [-0.2, 0) is 30.3 Å². The largest absolute Gasteiger partial charge is 0.466 e. The molecule has 4 rings (SSSR count). The number of ether oxygens (including phenoxy) is 2. The lowest BCUT2D eigenvalue weighted by atomic mass is 9.62. The molecule has 7 atom stereocenters. The third-order valence-electron chi connectivity index (χ3n) is 8.29. The molecule has 3 aliphatic rings. The summed E-state index contributed by atoms with van der Waals surface area (Å²) in [6, 6.07) is 8.03. The number of nitrogens with one attached hydrogen (secondary N) is 1. The summed E-state index contributed by atoms with van der Waals surface area (Å²) in [7, 11) is 0. The molecule has 0 aromatic heterocycles. The van der Waals surface area contributed by atoms with Crippen LogP contribution in [0.1, 0.15) is 52.5 Å². The van der Waals surface area contributed by atoms with Crippen LogP contribution in [0, 0.1) is 17.8 Å². The first-order valence-corrected chi connectivity index (χ1v) is 12.9. The molecule has 0 radical (unpaired) electrons. The molecule has 35 heavy (non-hydrogen) atoms. The van der Waals surface area contributed by atoms with Gasteiger partial charge in [0, 0.05) is 6.54 Å². The van der Waals surface area contributed by atoms with Crippen molar-refractivity contribution in [2.24, 2.45) is 17.8 Å². The minimum Gasteiger partial charge on any atom is -0.466 e. The van der Waals surface area contributed by atoms with Crippen molar-refractivity contribution in [2.75, 3.05) is 19.8 Å². The van der Waals surface area contributed by atoms with Gasteiger partial charge in [-0.05, 0) is 44.6 Å². The van der Waals surface area contributed by atoms with E-state index in [0.717, 1.165) is 18.4 Å². The van der Waals surface area contributed by atoms with E-state index in [0.29, 0.717) is 19.4 Å². The summed E-state index contributed by atoms with van der Waals surface area (Å²) in [6.07, 6.45) is 2.62. The summed E-state index contributed by atoms with van der Waals surface area (Å²) < 4.78 is 12.0. The first-order chi connectivity index (χ1) is 16.7. The van der Waals surface area contributed by atoms with Gasteiger partial charge in [-0.2, -0.15) is 0 Å². The molecule has 0 aliphatic carbocycles. The van der Waals surface area contributed by atoms with Crippen LogP contribution in [-0.4, -0.2) is 70.8 Å². The van der Waals surface area contributed by atoms with E-state index in [4.69, 9.17) is 9.47 Å². The summed E-state index contributed by atoms with van der Waals surface area (Å²) in [4.78, 5) is 42.5. The second-order valence-electron chi connectivity index (χ2n) is 10.4. The van der Waals surface area contributed by atoms with Crippen LogP contribution < -0.4 is 5.32 Å². The number of unbranched alkanes of at least 4 members (excludes halogenated alkanes) is 1. The molecule has 3 saturated heterocycles. The van der Waals surface area contributed by atoms with Gasteiger partial charge >= 0.3 is 5.97 Å². The van der Waals surface area contributed by atoms with Crippen LogP contribution >= 0.6 is 0 Å². The highest BCUT2D eigenvalue weighted by molar-refractivity contribution is 5.98. The van der Waals surface area contributed by atoms with Crippen molar-refractivity contribution in [3.05, 3.63) is 35.9 Å². The van der Waals surface area contributed by atoms with Crippen molar-refractivity contribution in [1.82, 2.24) is 10.2 Å². The molecule has 3 unspecified atom stereocenters. The highest BCUT2D eigenvalue weighted by atomic mass is 16.6. The topological polar surface area (TPSA) is 105 Å². The summed E-state index contributed by atoms with van der Waals surface area (Å²) in [5, 5.41) is 13.4. The lowest BCUT2D eigenvalue weighted by Gasteiger charge is -2.37. The number of esters is 1. The van der Waals surface area contributed by atoms with Crippen LogP contribution in [0.5, 0.6) is 0 Å². The Labute approximate surface area is 207 Å². The molecule has 3 fully saturated rings. The molecule has 1 aromatic rings. The van der Waals surface area contributed by atoms with Gasteiger partial charge in [0.05, 0.1) is 30.8 Å². The van der Waals surface area contributed by atoms with Crippen molar-refractivity contribution >= 4 is 17.8 Å². The Kier molecular flexibility index (Phi) is 7.25. The fourth-order valence-corrected chi connectivity index (χ4v) is 6.58. The van der Waals surface area contributed by atoms with Gasteiger partial charge in [-0.1, -0.05) is 50.6 Å².